The highest BCUT2D eigenvalue weighted by molar-refractivity contribution is 6.32. The van der Waals surface area contributed by atoms with Gasteiger partial charge in [0.1, 0.15) is 23.0 Å². The van der Waals surface area contributed by atoms with Crippen LogP contribution in [0.25, 0.3) is 11.3 Å². The quantitative estimate of drug-likeness (QED) is 0.191. The second-order valence-corrected chi connectivity index (χ2v) is 9.96. The maximum Gasteiger partial charge on any atom is 0.248 e. The number of aromatic nitrogens is 2. The molecule has 204 valence electrons. The third kappa shape index (κ3) is 6.42. The molecule has 1 aromatic heterocycles. The van der Waals surface area contributed by atoms with E-state index in [1.54, 1.807) is 41.7 Å². The van der Waals surface area contributed by atoms with Crippen LogP contribution >= 0.6 is 23.2 Å². The van der Waals surface area contributed by atoms with Crippen LogP contribution in [-0.2, 0) is 17.6 Å². The van der Waals surface area contributed by atoms with Crippen molar-refractivity contribution in [3.63, 3.8) is 0 Å². The van der Waals surface area contributed by atoms with Crippen LogP contribution in [0.2, 0.25) is 10.2 Å². The predicted octanol–water partition coefficient (Wildman–Crippen LogP) is 4.29. The number of benzene rings is 3. The average Bonchev–Trinajstić information content (AvgIpc) is 3.62. The zero-order valence-corrected chi connectivity index (χ0v) is 22.7. The van der Waals surface area contributed by atoms with Gasteiger partial charge < -0.3 is 16.0 Å². The van der Waals surface area contributed by atoms with Crippen molar-refractivity contribution in [3.8, 4) is 11.3 Å². The smallest absolute Gasteiger partial charge is 0.248 e. The Hall–Kier alpha value is -4.38. The Kier molecular flexibility index (Phi) is 8.30. The minimum Gasteiger partial charge on any atom is -0.366 e. The summed E-state index contributed by atoms with van der Waals surface area (Å²) in [6, 6.07) is 21.5. The number of carbonyl (C=O) groups is 2. The molecule has 1 aliphatic heterocycles. The molecular weight excluding hydrogens is 551 g/mol. The number of aryl methyl sites for hydroxylation is 1. The van der Waals surface area contributed by atoms with Crippen molar-refractivity contribution in [3.05, 3.63) is 105 Å². The summed E-state index contributed by atoms with van der Waals surface area (Å²) >= 11 is 12.8. The lowest BCUT2D eigenvalue weighted by Gasteiger charge is -2.19. The molecule has 5 rings (SSSR count). The second-order valence-electron chi connectivity index (χ2n) is 9.15. The van der Waals surface area contributed by atoms with Gasteiger partial charge in [-0.05, 0) is 54.3 Å². The van der Waals surface area contributed by atoms with Gasteiger partial charge in [-0.2, -0.15) is 5.10 Å². The first-order chi connectivity index (χ1) is 19.4. The molecule has 0 fully saturated rings. The van der Waals surface area contributed by atoms with Crippen LogP contribution in [0, 0.1) is 0 Å². The summed E-state index contributed by atoms with van der Waals surface area (Å²) in [4.78, 5) is 32.5. The van der Waals surface area contributed by atoms with Gasteiger partial charge in [-0.1, -0.05) is 65.7 Å². The van der Waals surface area contributed by atoms with Crippen molar-refractivity contribution in [2.75, 3.05) is 5.01 Å². The minimum absolute atomic E-state index is 0.159. The molecule has 0 saturated heterocycles. The summed E-state index contributed by atoms with van der Waals surface area (Å²) in [5.74, 6) is -0.159. The summed E-state index contributed by atoms with van der Waals surface area (Å²) in [7, 11) is 0. The number of hydrazine groups is 2. The van der Waals surface area contributed by atoms with Crippen LogP contribution in [0.15, 0.2) is 77.9 Å². The second kappa shape index (κ2) is 12.2. The first kappa shape index (κ1) is 27.2. The highest BCUT2D eigenvalue weighted by Gasteiger charge is 2.22. The fourth-order valence-corrected chi connectivity index (χ4v) is 4.85. The number of aromatic amines is 1. The van der Waals surface area contributed by atoms with Crippen molar-refractivity contribution in [1.29, 1.82) is 0 Å². The van der Waals surface area contributed by atoms with E-state index in [1.165, 1.54) is 0 Å². The van der Waals surface area contributed by atoms with E-state index in [1.807, 2.05) is 42.5 Å². The number of nitrogens with one attached hydrogen (secondary N) is 4. The number of primary amides is 1. The molecule has 1 atom stereocenters. The van der Waals surface area contributed by atoms with Crippen LogP contribution < -0.4 is 27.1 Å². The lowest BCUT2D eigenvalue weighted by Crippen LogP contribution is -2.37. The summed E-state index contributed by atoms with van der Waals surface area (Å²) in [5, 5.41) is 9.67. The molecule has 12 heteroatoms. The third-order valence-corrected chi connectivity index (χ3v) is 6.91. The third-order valence-electron chi connectivity index (χ3n) is 6.40. The van der Waals surface area contributed by atoms with Crippen molar-refractivity contribution in [1.82, 2.24) is 26.4 Å². The highest BCUT2D eigenvalue weighted by Crippen LogP contribution is 2.29. The first-order valence-corrected chi connectivity index (χ1v) is 13.2. The molecule has 0 saturated carbocycles. The molecule has 6 N–H and O–H groups in total. The minimum atomic E-state index is -0.516. The van der Waals surface area contributed by atoms with Gasteiger partial charge in [0.25, 0.3) is 0 Å². The topological polar surface area (TPSA) is 141 Å². The van der Waals surface area contributed by atoms with Crippen LogP contribution in [-0.4, -0.2) is 28.1 Å². The standard InChI is InChI=1S/C28H26Cl2N8O2/c29-21-11-12-23(38-16-32-36-37-38)20(15-21)10-13-24(39)33-22(14-17-4-2-1-3-5-17)28-34-25(26(30)35-28)18-6-8-19(9-7-18)27(31)40/h1-9,11-12,15-16,22,36-37H,10,13-14H2,(H2,31,40)(H,33,39)(H,34,35)/t22-/m0/s1. The Bertz CT molecular complexity index is 1540. The van der Waals surface area contributed by atoms with Crippen LogP contribution in [0.3, 0.4) is 0 Å². The number of hydrogen-bond donors (Lipinski definition) is 5. The van der Waals surface area contributed by atoms with Crippen LogP contribution in [0.4, 0.5) is 5.69 Å². The van der Waals surface area contributed by atoms with Gasteiger partial charge in [0, 0.05) is 22.6 Å². The van der Waals surface area contributed by atoms with Gasteiger partial charge in [0.2, 0.25) is 11.8 Å². The van der Waals surface area contributed by atoms with Gasteiger partial charge in [-0.25, -0.2) is 15.5 Å². The van der Waals surface area contributed by atoms with E-state index in [9.17, 15) is 9.59 Å². The SMILES string of the molecule is NC(=O)c1ccc(-c2nc([C@H](Cc3ccccc3)NC(=O)CCc3cc(Cl)ccc3N3C=NNN3)[nH]c2Cl)cc1. The van der Waals surface area contributed by atoms with Crippen molar-refractivity contribution >= 4 is 47.0 Å². The lowest BCUT2D eigenvalue weighted by atomic mass is 10.0. The van der Waals surface area contributed by atoms with Crippen molar-refractivity contribution in [2.45, 2.75) is 25.3 Å². The summed E-state index contributed by atoms with van der Waals surface area (Å²) < 4.78 is 0. The Balaban J connectivity index is 1.35. The predicted molar refractivity (Wildman–Crippen MR) is 156 cm³/mol. The number of hydrazone groups is 1. The number of nitrogens with zero attached hydrogens (tertiary/aromatic N) is 3. The van der Waals surface area contributed by atoms with Crippen molar-refractivity contribution in [2.24, 2.45) is 10.8 Å². The van der Waals surface area contributed by atoms with Crippen LogP contribution in [0.1, 0.15) is 39.8 Å². The number of carbonyl (C=O) groups excluding carboxylic acids is 2. The Morgan fingerprint density at radius 2 is 1.80 bits per heavy atom. The van der Waals surface area contributed by atoms with E-state index in [-0.39, 0.29) is 12.3 Å². The lowest BCUT2D eigenvalue weighted by molar-refractivity contribution is -0.121. The summed E-state index contributed by atoms with van der Waals surface area (Å²) in [6.45, 7) is 0. The molecule has 0 unspecified atom stereocenters. The molecule has 1 aliphatic rings. The van der Waals surface area contributed by atoms with E-state index < -0.39 is 11.9 Å². The van der Waals surface area contributed by atoms with E-state index in [0.717, 1.165) is 16.8 Å². The van der Waals surface area contributed by atoms with E-state index >= 15 is 0 Å². The fourth-order valence-electron chi connectivity index (χ4n) is 4.41. The maximum absolute atomic E-state index is 13.2. The molecule has 0 bridgehead atoms. The largest absolute Gasteiger partial charge is 0.366 e. The normalized spacial score (nSPS) is 13.2. The molecule has 10 nitrogen and oxygen atoms in total. The van der Waals surface area contributed by atoms with Gasteiger partial charge in [0.15, 0.2) is 0 Å². The van der Waals surface area contributed by atoms with Crippen molar-refractivity contribution < 1.29 is 9.59 Å². The Morgan fingerprint density at radius 3 is 2.50 bits per heavy atom. The number of amides is 2. The zero-order chi connectivity index (χ0) is 28.1. The molecule has 0 aliphatic carbocycles. The number of anilines is 1. The first-order valence-electron chi connectivity index (χ1n) is 12.5. The molecule has 2 heterocycles. The monoisotopic (exact) mass is 576 g/mol. The van der Waals surface area contributed by atoms with E-state index in [2.05, 4.69) is 26.5 Å². The van der Waals surface area contributed by atoms with Gasteiger partial charge in [-0.3, -0.25) is 9.59 Å². The number of nitrogens with two attached hydrogens (primary N) is 1. The molecule has 2 amide bonds. The fraction of sp³-hybridized carbons (Fsp3) is 0.143. The molecular formula is C28H26Cl2N8O2. The Morgan fingerprint density at radius 1 is 1.02 bits per heavy atom. The maximum atomic E-state index is 13.2. The number of H-pyrrole nitrogens is 1. The van der Waals surface area contributed by atoms with Gasteiger partial charge in [0.05, 0.1) is 11.7 Å². The number of hydrogen-bond acceptors (Lipinski definition) is 7. The average molecular weight is 577 g/mol. The molecule has 4 aromatic rings. The summed E-state index contributed by atoms with van der Waals surface area (Å²) in [5.41, 5.74) is 15.3. The summed E-state index contributed by atoms with van der Waals surface area (Å²) in [6.07, 6.45) is 2.76. The van der Waals surface area contributed by atoms with Gasteiger partial charge in [-0.15, -0.1) is 5.53 Å². The van der Waals surface area contributed by atoms with Gasteiger partial charge >= 0.3 is 0 Å². The molecule has 0 spiro atoms. The van der Waals surface area contributed by atoms with Crippen LogP contribution in [0.5, 0.6) is 0 Å². The van der Waals surface area contributed by atoms with E-state index in [0.29, 0.717) is 45.7 Å². The number of rotatable bonds is 10. The zero-order valence-electron chi connectivity index (χ0n) is 21.2. The van der Waals surface area contributed by atoms with E-state index in [4.69, 9.17) is 33.9 Å². The molecule has 3 aromatic carbocycles. The molecule has 0 radical (unpaired) electrons. The Labute approximate surface area is 240 Å². The number of imidazole rings is 1. The molecule has 40 heavy (non-hydrogen) atoms. The number of halogens is 2. The highest BCUT2D eigenvalue weighted by atomic mass is 35.5.